The molecule has 0 bridgehead atoms. The molecule has 0 saturated heterocycles. The lowest BCUT2D eigenvalue weighted by molar-refractivity contribution is 0.0988. The molecule has 0 aliphatic heterocycles. The number of phenols is 1. The quantitative estimate of drug-likeness (QED) is 0.835. The van der Waals surface area contributed by atoms with Crippen LogP contribution < -0.4 is 0 Å². The zero-order valence-corrected chi connectivity index (χ0v) is 10.7. The van der Waals surface area contributed by atoms with Gasteiger partial charge in [0.05, 0.1) is 5.02 Å². The van der Waals surface area contributed by atoms with E-state index in [1.165, 1.54) is 0 Å². The van der Waals surface area contributed by atoms with Crippen molar-refractivity contribution in [2.75, 3.05) is 0 Å². The molecule has 2 aromatic rings. The number of hydrogen-bond acceptors (Lipinski definition) is 2. The van der Waals surface area contributed by atoms with Crippen molar-refractivity contribution in [3.05, 3.63) is 53.1 Å². The molecule has 0 radical (unpaired) electrons. The van der Waals surface area contributed by atoms with Crippen molar-refractivity contribution in [3.8, 4) is 16.9 Å². The van der Waals surface area contributed by atoms with E-state index in [0.717, 1.165) is 11.1 Å². The molecule has 92 valence electrons. The number of ketones is 1. The largest absolute Gasteiger partial charge is 0.508 e. The number of Topliss-reactive ketones (excluding diaryl/α,β-unsaturated/α-hetero) is 1. The van der Waals surface area contributed by atoms with Gasteiger partial charge in [0.15, 0.2) is 5.78 Å². The topological polar surface area (TPSA) is 37.3 Å². The molecule has 0 spiro atoms. The molecule has 18 heavy (non-hydrogen) atoms. The fourth-order valence-corrected chi connectivity index (χ4v) is 1.99. The predicted octanol–water partition coefficient (Wildman–Crippen LogP) is 4.31. The van der Waals surface area contributed by atoms with Crippen LogP contribution in [0.1, 0.15) is 23.7 Å². The average Bonchev–Trinajstić information content (AvgIpc) is 2.39. The van der Waals surface area contributed by atoms with Crippen LogP contribution >= 0.6 is 11.6 Å². The summed E-state index contributed by atoms with van der Waals surface area (Å²) >= 11 is 6.02. The van der Waals surface area contributed by atoms with E-state index in [4.69, 9.17) is 11.6 Å². The summed E-state index contributed by atoms with van der Waals surface area (Å²) in [6.45, 7) is 1.81. The number of aromatic hydroxyl groups is 1. The van der Waals surface area contributed by atoms with Crippen LogP contribution in [0.2, 0.25) is 5.02 Å². The molecule has 2 nitrogen and oxygen atoms in total. The fourth-order valence-electron chi connectivity index (χ4n) is 1.76. The fraction of sp³-hybridized carbons (Fsp3) is 0.133. The zero-order valence-electron chi connectivity index (χ0n) is 9.98. The van der Waals surface area contributed by atoms with E-state index in [0.29, 0.717) is 17.0 Å². The van der Waals surface area contributed by atoms with Crippen LogP contribution in [0.4, 0.5) is 0 Å². The highest BCUT2D eigenvalue weighted by Gasteiger charge is 2.10. The molecule has 0 saturated carbocycles. The van der Waals surface area contributed by atoms with Gasteiger partial charge in [-0.3, -0.25) is 4.79 Å². The van der Waals surface area contributed by atoms with Gasteiger partial charge in [-0.1, -0.05) is 36.7 Å². The van der Waals surface area contributed by atoms with Gasteiger partial charge in [0.1, 0.15) is 5.75 Å². The van der Waals surface area contributed by atoms with Crippen molar-refractivity contribution >= 4 is 17.4 Å². The van der Waals surface area contributed by atoms with Crippen LogP contribution in [0.25, 0.3) is 11.1 Å². The zero-order chi connectivity index (χ0) is 13.1. The SMILES string of the molecule is CCC(=O)c1cc(-c2ccc(O)cc2)ccc1Cl. The van der Waals surface area contributed by atoms with Crippen molar-refractivity contribution in [1.82, 2.24) is 0 Å². The molecular formula is C15H13ClO2. The Hall–Kier alpha value is -1.80. The van der Waals surface area contributed by atoms with Gasteiger partial charge in [-0.15, -0.1) is 0 Å². The lowest BCUT2D eigenvalue weighted by atomic mass is 10.0. The molecule has 0 aliphatic rings. The van der Waals surface area contributed by atoms with Crippen LogP contribution in [0.3, 0.4) is 0 Å². The first-order valence-corrected chi connectivity index (χ1v) is 6.11. The number of rotatable bonds is 3. The molecule has 2 aromatic carbocycles. The maximum atomic E-state index is 11.7. The summed E-state index contributed by atoms with van der Waals surface area (Å²) in [5.41, 5.74) is 2.40. The highest BCUT2D eigenvalue weighted by molar-refractivity contribution is 6.34. The second-order valence-electron chi connectivity index (χ2n) is 4.02. The van der Waals surface area contributed by atoms with E-state index in [1.54, 1.807) is 36.4 Å². The minimum absolute atomic E-state index is 0.0284. The Kier molecular flexibility index (Phi) is 3.68. The van der Waals surface area contributed by atoms with Crippen molar-refractivity contribution in [2.45, 2.75) is 13.3 Å². The summed E-state index contributed by atoms with van der Waals surface area (Å²) in [7, 11) is 0. The van der Waals surface area contributed by atoms with E-state index in [-0.39, 0.29) is 11.5 Å². The Labute approximate surface area is 111 Å². The first kappa shape index (κ1) is 12.7. The Morgan fingerprint density at radius 3 is 2.33 bits per heavy atom. The minimum Gasteiger partial charge on any atom is -0.508 e. The molecule has 3 heteroatoms. The molecule has 2 rings (SSSR count). The Bertz CT molecular complexity index is 574. The number of halogens is 1. The predicted molar refractivity (Wildman–Crippen MR) is 73.2 cm³/mol. The van der Waals surface area contributed by atoms with Gasteiger partial charge >= 0.3 is 0 Å². The minimum atomic E-state index is 0.0284. The van der Waals surface area contributed by atoms with Crippen LogP contribution in [0.15, 0.2) is 42.5 Å². The van der Waals surface area contributed by atoms with Gasteiger partial charge in [0, 0.05) is 12.0 Å². The maximum Gasteiger partial charge on any atom is 0.164 e. The summed E-state index contributed by atoms with van der Waals surface area (Å²) in [4.78, 5) is 11.7. The maximum absolute atomic E-state index is 11.7. The molecule has 1 N–H and O–H groups in total. The van der Waals surface area contributed by atoms with Crippen molar-refractivity contribution in [1.29, 1.82) is 0 Å². The molecule has 0 amide bonds. The smallest absolute Gasteiger partial charge is 0.164 e. The van der Waals surface area contributed by atoms with Crippen molar-refractivity contribution in [2.24, 2.45) is 0 Å². The summed E-state index contributed by atoms with van der Waals surface area (Å²) in [5.74, 6) is 0.248. The van der Waals surface area contributed by atoms with Gasteiger partial charge in [0.2, 0.25) is 0 Å². The highest BCUT2D eigenvalue weighted by atomic mass is 35.5. The summed E-state index contributed by atoms with van der Waals surface area (Å²) in [5, 5.41) is 9.73. The molecular weight excluding hydrogens is 248 g/mol. The van der Waals surface area contributed by atoms with Gasteiger partial charge in [0.25, 0.3) is 0 Å². The first-order valence-electron chi connectivity index (χ1n) is 5.74. The Morgan fingerprint density at radius 2 is 1.72 bits per heavy atom. The monoisotopic (exact) mass is 260 g/mol. The third-order valence-electron chi connectivity index (χ3n) is 2.79. The standard InChI is InChI=1S/C15H13ClO2/c1-2-15(18)13-9-11(5-8-14(13)16)10-3-6-12(17)7-4-10/h3-9,17H,2H2,1H3. The van der Waals surface area contributed by atoms with Crippen LogP contribution in [0, 0.1) is 0 Å². The van der Waals surface area contributed by atoms with E-state index in [1.807, 2.05) is 13.0 Å². The second kappa shape index (κ2) is 5.23. The summed E-state index contributed by atoms with van der Waals surface area (Å²) < 4.78 is 0. The van der Waals surface area contributed by atoms with Crippen LogP contribution in [0.5, 0.6) is 5.75 Å². The third-order valence-corrected chi connectivity index (χ3v) is 3.12. The number of phenolic OH excluding ortho intramolecular Hbond substituents is 1. The second-order valence-corrected chi connectivity index (χ2v) is 4.43. The Morgan fingerprint density at radius 1 is 1.11 bits per heavy atom. The number of carbonyl (C=O) groups is 1. The lowest BCUT2D eigenvalue weighted by Crippen LogP contribution is -1.97. The number of carbonyl (C=O) groups excluding carboxylic acids is 1. The van der Waals surface area contributed by atoms with Crippen molar-refractivity contribution in [3.63, 3.8) is 0 Å². The van der Waals surface area contributed by atoms with Gasteiger partial charge in [-0.2, -0.15) is 0 Å². The van der Waals surface area contributed by atoms with E-state index < -0.39 is 0 Å². The third kappa shape index (κ3) is 2.54. The average molecular weight is 261 g/mol. The van der Waals surface area contributed by atoms with Gasteiger partial charge in [-0.05, 0) is 35.4 Å². The molecule has 0 unspecified atom stereocenters. The molecule has 0 aliphatic carbocycles. The van der Waals surface area contributed by atoms with Crippen LogP contribution in [-0.4, -0.2) is 10.9 Å². The van der Waals surface area contributed by atoms with Crippen LogP contribution in [-0.2, 0) is 0 Å². The van der Waals surface area contributed by atoms with Gasteiger partial charge in [-0.25, -0.2) is 0 Å². The first-order chi connectivity index (χ1) is 8.61. The molecule has 0 aromatic heterocycles. The van der Waals surface area contributed by atoms with Gasteiger partial charge < -0.3 is 5.11 Å². The lowest BCUT2D eigenvalue weighted by Gasteiger charge is -2.06. The molecule has 0 atom stereocenters. The van der Waals surface area contributed by atoms with Crippen molar-refractivity contribution < 1.29 is 9.90 Å². The summed E-state index contributed by atoms with van der Waals surface area (Å²) in [6.07, 6.45) is 0.429. The van der Waals surface area contributed by atoms with E-state index >= 15 is 0 Å². The van der Waals surface area contributed by atoms with E-state index in [2.05, 4.69) is 0 Å². The normalized spacial score (nSPS) is 10.3. The summed E-state index contributed by atoms with van der Waals surface area (Å²) in [6, 6.07) is 12.2. The molecule has 0 heterocycles. The number of benzene rings is 2. The number of hydrogen-bond donors (Lipinski definition) is 1. The molecule has 0 fully saturated rings. The Balaban J connectivity index is 2.46. The van der Waals surface area contributed by atoms with E-state index in [9.17, 15) is 9.90 Å². The highest BCUT2D eigenvalue weighted by Crippen LogP contribution is 2.27.